The van der Waals surface area contributed by atoms with Gasteiger partial charge in [-0.05, 0) is 6.07 Å². The monoisotopic (exact) mass is 186 g/mol. The van der Waals surface area contributed by atoms with Gasteiger partial charge in [-0.1, -0.05) is 6.07 Å². The van der Waals surface area contributed by atoms with Gasteiger partial charge in [-0.2, -0.15) is 4.39 Å². The summed E-state index contributed by atoms with van der Waals surface area (Å²) in [4.78, 5) is 10.2. The summed E-state index contributed by atoms with van der Waals surface area (Å²) in [5.41, 5.74) is 0.344. The highest BCUT2D eigenvalue weighted by Crippen LogP contribution is 2.24. The lowest BCUT2D eigenvalue weighted by atomic mass is 10.1. The summed E-state index contributed by atoms with van der Waals surface area (Å²) in [7, 11) is 1.23. The van der Waals surface area contributed by atoms with Gasteiger partial charge in [-0.3, -0.25) is 0 Å². The average Bonchev–Trinajstić information content (AvgIpc) is 2.12. The normalized spacial score (nSPS) is 9.77. The van der Waals surface area contributed by atoms with Crippen LogP contribution < -0.4 is 4.74 Å². The molecule has 1 rings (SSSR count). The van der Waals surface area contributed by atoms with E-state index in [1.54, 1.807) is 0 Å². The quantitative estimate of drug-likeness (QED) is 0.672. The van der Waals surface area contributed by atoms with E-state index in [-0.39, 0.29) is 12.2 Å². The molecule has 0 aliphatic carbocycles. The first-order valence-corrected chi connectivity index (χ1v) is 3.65. The van der Waals surface area contributed by atoms with E-state index in [0.29, 0.717) is 11.8 Å². The molecule has 0 fully saturated rings. The maximum atomic E-state index is 13.0. The van der Waals surface area contributed by atoms with E-state index in [1.165, 1.54) is 13.2 Å². The number of carbonyl (C=O) groups is 1. The van der Waals surface area contributed by atoms with Gasteiger partial charge in [0, 0.05) is 12.0 Å². The number of ether oxygens (including phenoxy) is 1. The lowest BCUT2D eigenvalue weighted by Gasteiger charge is -2.06. The molecule has 0 aromatic heterocycles. The highest BCUT2D eigenvalue weighted by Gasteiger charge is 2.13. The zero-order chi connectivity index (χ0) is 9.84. The van der Waals surface area contributed by atoms with Gasteiger partial charge >= 0.3 is 0 Å². The lowest BCUT2D eigenvalue weighted by Crippen LogP contribution is -1.98. The molecule has 4 heteroatoms. The molecule has 0 aliphatic heterocycles. The van der Waals surface area contributed by atoms with Crippen LogP contribution in [0.5, 0.6) is 5.75 Å². The Balaban J connectivity index is 3.20. The molecule has 0 heterocycles. The third kappa shape index (κ3) is 1.83. The smallest absolute Gasteiger partial charge is 0.200 e. The number of benzene rings is 1. The minimum Gasteiger partial charge on any atom is -0.493 e. The van der Waals surface area contributed by atoms with Crippen LogP contribution in [0.15, 0.2) is 12.1 Å². The van der Waals surface area contributed by atoms with Gasteiger partial charge < -0.3 is 9.53 Å². The summed E-state index contributed by atoms with van der Waals surface area (Å²) in [5.74, 6) is -2.24. The fourth-order valence-electron chi connectivity index (χ4n) is 1.04. The SMILES string of the molecule is COc1c(CC=O)ccc(F)c1F. The van der Waals surface area contributed by atoms with Crippen LogP contribution in [0.4, 0.5) is 8.78 Å². The van der Waals surface area contributed by atoms with Crippen molar-refractivity contribution in [1.82, 2.24) is 0 Å². The predicted octanol–water partition coefficient (Wildman–Crippen LogP) is 1.71. The van der Waals surface area contributed by atoms with Crippen molar-refractivity contribution in [2.75, 3.05) is 7.11 Å². The highest BCUT2D eigenvalue weighted by molar-refractivity contribution is 5.57. The first-order chi connectivity index (χ1) is 6.20. The number of hydrogen-bond acceptors (Lipinski definition) is 2. The van der Waals surface area contributed by atoms with Gasteiger partial charge in [0.1, 0.15) is 6.29 Å². The largest absolute Gasteiger partial charge is 0.493 e. The fourth-order valence-corrected chi connectivity index (χ4v) is 1.04. The van der Waals surface area contributed by atoms with Crippen molar-refractivity contribution >= 4 is 6.29 Å². The second-order valence-corrected chi connectivity index (χ2v) is 2.42. The van der Waals surface area contributed by atoms with E-state index in [9.17, 15) is 13.6 Å². The van der Waals surface area contributed by atoms with Crippen LogP contribution in [-0.2, 0) is 11.2 Å². The molecule has 0 aliphatic rings. The van der Waals surface area contributed by atoms with Crippen LogP contribution in [0.1, 0.15) is 5.56 Å². The maximum absolute atomic E-state index is 13.0. The second-order valence-electron chi connectivity index (χ2n) is 2.42. The van der Waals surface area contributed by atoms with Gasteiger partial charge in [0.15, 0.2) is 11.6 Å². The average molecular weight is 186 g/mol. The third-order valence-electron chi connectivity index (χ3n) is 1.64. The minimum absolute atomic E-state index is 0.0143. The molecule has 70 valence electrons. The van der Waals surface area contributed by atoms with E-state index in [2.05, 4.69) is 4.74 Å². The molecule has 0 spiro atoms. The molecule has 0 unspecified atom stereocenters. The zero-order valence-electron chi connectivity index (χ0n) is 7.01. The Morgan fingerprint density at radius 1 is 1.46 bits per heavy atom. The van der Waals surface area contributed by atoms with Crippen molar-refractivity contribution in [1.29, 1.82) is 0 Å². The second kappa shape index (κ2) is 3.98. The topological polar surface area (TPSA) is 26.3 Å². The number of rotatable bonds is 3. The summed E-state index contributed by atoms with van der Waals surface area (Å²) in [5, 5.41) is 0. The van der Waals surface area contributed by atoms with Gasteiger partial charge in [0.25, 0.3) is 0 Å². The van der Waals surface area contributed by atoms with Gasteiger partial charge in [0.05, 0.1) is 7.11 Å². The maximum Gasteiger partial charge on any atom is 0.200 e. The van der Waals surface area contributed by atoms with E-state index in [4.69, 9.17) is 0 Å². The van der Waals surface area contributed by atoms with E-state index in [0.717, 1.165) is 6.07 Å². The van der Waals surface area contributed by atoms with Crippen molar-refractivity contribution in [2.45, 2.75) is 6.42 Å². The Hall–Kier alpha value is -1.45. The fraction of sp³-hybridized carbons (Fsp3) is 0.222. The van der Waals surface area contributed by atoms with Crippen LogP contribution >= 0.6 is 0 Å². The van der Waals surface area contributed by atoms with Crippen molar-refractivity contribution in [3.05, 3.63) is 29.3 Å². The van der Waals surface area contributed by atoms with Crippen LogP contribution in [0, 0.1) is 11.6 Å². The molecule has 0 bridgehead atoms. The molecule has 13 heavy (non-hydrogen) atoms. The number of methoxy groups -OCH3 is 1. The number of aldehydes is 1. The molecule has 0 radical (unpaired) electrons. The van der Waals surface area contributed by atoms with Crippen molar-refractivity contribution in [3.8, 4) is 5.75 Å². The van der Waals surface area contributed by atoms with Gasteiger partial charge in [-0.15, -0.1) is 0 Å². The lowest BCUT2D eigenvalue weighted by molar-refractivity contribution is -0.107. The number of hydrogen-bond donors (Lipinski definition) is 0. The molecule has 0 amide bonds. The summed E-state index contributed by atoms with van der Waals surface area (Å²) >= 11 is 0. The van der Waals surface area contributed by atoms with Crippen molar-refractivity contribution < 1.29 is 18.3 Å². The number of halogens is 2. The summed E-state index contributed by atoms with van der Waals surface area (Å²) < 4.78 is 30.2. The molecule has 0 atom stereocenters. The van der Waals surface area contributed by atoms with Crippen LogP contribution in [0.2, 0.25) is 0 Å². The molecule has 0 saturated carbocycles. The Morgan fingerprint density at radius 2 is 2.15 bits per heavy atom. The molecular formula is C9H8F2O2. The first-order valence-electron chi connectivity index (χ1n) is 3.65. The zero-order valence-corrected chi connectivity index (χ0v) is 7.01. The molecule has 0 N–H and O–H groups in total. The van der Waals surface area contributed by atoms with Gasteiger partial charge in [0.2, 0.25) is 5.82 Å². The van der Waals surface area contributed by atoms with E-state index in [1.807, 2.05) is 0 Å². The first kappa shape index (κ1) is 9.64. The molecule has 1 aromatic rings. The summed E-state index contributed by atoms with van der Waals surface area (Å²) in [6, 6.07) is 2.29. The number of carbonyl (C=O) groups excluding carboxylic acids is 1. The molecule has 1 aromatic carbocycles. The Kier molecular flexibility index (Phi) is 2.95. The third-order valence-corrected chi connectivity index (χ3v) is 1.64. The van der Waals surface area contributed by atoms with E-state index >= 15 is 0 Å². The van der Waals surface area contributed by atoms with Crippen LogP contribution in [-0.4, -0.2) is 13.4 Å². The minimum atomic E-state index is -1.05. The van der Waals surface area contributed by atoms with Gasteiger partial charge in [-0.25, -0.2) is 4.39 Å². The Labute approximate surface area is 74.1 Å². The standard InChI is InChI=1S/C9H8F2O2/c1-13-9-6(4-5-12)2-3-7(10)8(9)11/h2-3,5H,4H2,1H3. The summed E-state index contributed by atoms with van der Waals surface area (Å²) in [6.45, 7) is 0. The highest BCUT2D eigenvalue weighted by atomic mass is 19.2. The predicted molar refractivity (Wildman–Crippen MR) is 42.7 cm³/mol. The van der Waals surface area contributed by atoms with Crippen molar-refractivity contribution in [3.63, 3.8) is 0 Å². The van der Waals surface area contributed by atoms with Crippen LogP contribution in [0.25, 0.3) is 0 Å². The Bertz CT molecular complexity index is 324. The van der Waals surface area contributed by atoms with Crippen LogP contribution in [0.3, 0.4) is 0 Å². The molecular weight excluding hydrogens is 178 g/mol. The van der Waals surface area contributed by atoms with Crippen molar-refractivity contribution in [2.24, 2.45) is 0 Å². The Morgan fingerprint density at radius 3 is 2.69 bits per heavy atom. The summed E-state index contributed by atoms with van der Waals surface area (Å²) in [6.07, 6.45) is 0.621. The molecule has 2 nitrogen and oxygen atoms in total. The molecule has 0 saturated heterocycles. The van der Waals surface area contributed by atoms with E-state index < -0.39 is 11.6 Å².